The zero-order valence-corrected chi connectivity index (χ0v) is 17.6. The zero-order valence-electron chi connectivity index (χ0n) is 17.6. The van der Waals surface area contributed by atoms with Gasteiger partial charge >= 0.3 is 0 Å². The minimum Gasteiger partial charge on any atom is -0.356 e. The predicted molar refractivity (Wildman–Crippen MR) is 131 cm³/mol. The van der Waals surface area contributed by atoms with Crippen LogP contribution in [-0.2, 0) is 0 Å². The van der Waals surface area contributed by atoms with Crippen LogP contribution in [0, 0.1) is 0 Å². The number of hydrogen-bond donors (Lipinski definition) is 2. The molecule has 0 radical (unpaired) electrons. The topological polar surface area (TPSA) is 76.0 Å². The van der Waals surface area contributed by atoms with Crippen molar-refractivity contribution in [2.24, 2.45) is 0 Å². The third-order valence-electron chi connectivity index (χ3n) is 5.23. The molecule has 0 unspecified atom stereocenters. The first kappa shape index (κ1) is 20.2. The Bertz CT molecular complexity index is 1480. The van der Waals surface area contributed by atoms with E-state index in [1.807, 2.05) is 72.8 Å². The maximum atomic E-state index is 13.2. The average Bonchev–Trinajstić information content (AvgIpc) is 2.87. The number of carbonyl (C=O) groups is 1. The minimum absolute atomic E-state index is 0.181. The Kier molecular flexibility index (Phi) is 5.39. The lowest BCUT2D eigenvalue weighted by atomic mass is 10.1. The first-order valence-electron chi connectivity index (χ1n) is 10.5. The highest BCUT2D eigenvalue weighted by Gasteiger charge is 2.17. The zero-order chi connectivity index (χ0) is 22.6. The third-order valence-corrected chi connectivity index (χ3v) is 5.23. The number of hydrogen-bond acceptors (Lipinski definition) is 4. The molecule has 0 atom stereocenters. The molecular weight excluding hydrogens is 412 g/mol. The van der Waals surface area contributed by atoms with Gasteiger partial charge in [-0.1, -0.05) is 54.6 Å². The highest BCUT2D eigenvalue weighted by Crippen LogP contribution is 2.20. The molecule has 160 valence electrons. The van der Waals surface area contributed by atoms with Gasteiger partial charge in [-0.05, 0) is 54.6 Å². The van der Waals surface area contributed by atoms with Crippen molar-refractivity contribution in [3.63, 3.8) is 0 Å². The number of nitrogens with zero attached hydrogens (tertiary/aromatic N) is 2. The molecule has 5 rings (SSSR count). The fraction of sp³-hybridized carbons (Fsp3) is 0. The lowest BCUT2D eigenvalue weighted by Gasteiger charge is -2.12. The molecule has 0 bridgehead atoms. The highest BCUT2D eigenvalue weighted by molar-refractivity contribution is 6.11. The summed E-state index contributed by atoms with van der Waals surface area (Å²) in [7, 11) is 0. The first-order chi connectivity index (χ1) is 16.2. The summed E-state index contributed by atoms with van der Waals surface area (Å²) in [4.78, 5) is 26.2. The lowest BCUT2D eigenvalue weighted by Crippen LogP contribution is -2.26. The fourth-order valence-corrected chi connectivity index (χ4v) is 3.62. The number of carbonyl (C=O) groups excluding carboxylic acids is 1. The van der Waals surface area contributed by atoms with E-state index in [4.69, 9.17) is 0 Å². The Balaban J connectivity index is 1.46. The molecule has 6 heteroatoms. The van der Waals surface area contributed by atoms with Gasteiger partial charge in [0, 0.05) is 22.4 Å². The summed E-state index contributed by atoms with van der Waals surface area (Å²) in [6, 6.07) is 33.3. The second-order valence-electron chi connectivity index (χ2n) is 7.47. The SMILES string of the molecule is O=C(Nc1ccc(Nc2ccccc2)cc1)c1nn(-c2ccccc2)c(=O)c2ccccc12. The van der Waals surface area contributed by atoms with E-state index in [0.29, 0.717) is 22.1 Å². The summed E-state index contributed by atoms with van der Waals surface area (Å²) in [5.74, 6) is -0.389. The molecule has 5 aromatic rings. The summed E-state index contributed by atoms with van der Waals surface area (Å²) in [6.07, 6.45) is 0. The van der Waals surface area contributed by atoms with E-state index in [-0.39, 0.29) is 17.2 Å². The van der Waals surface area contributed by atoms with Crippen molar-refractivity contribution in [3.8, 4) is 5.69 Å². The van der Waals surface area contributed by atoms with Crippen LogP contribution in [0.2, 0.25) is 0 Å². The van der Waals surface area contributed by atoms with E-state index in [2.05, 4.69) is 15.7 Å². The Morgan fingerprint density at radius 1 is 0.636 bits per heavy atom. The van der Waals surface area contributed by atoms with Gasteiger partial charge in [-0.3, -0.25) is 9.59 Å². The molecule has 1 heterocycles. The van der Waals surface area contributed by atoms with Gasteiger partial charge in [-0.15, -0.1) is 0 Å². The molecule has 1 aromatic heterocycles. The van der Waals surface area contributed by atoms with Gasteiger partial charge in [0.15, 0.2) is 5.69 Å². The van der Waals surface area contributed by atoms with Crippen molar-refractivity contribution in [2.75, 3.05) is 10.6 Å². The van der Waals surface area contributed by atoms with Crippen LogP contribution in [0.25, 0.3) is 16.5 Å². The first-order valence-corrected chi connectivity index (χ1v) is 10.5. The van der Waals surface area contributed by atoms with Gasteiger partial charge in [-0.2, -0.15) is 9.78 Å². The average molecular weight is 432 g/mol. The number of amides is 1. The van der Waals surface area contributed by atoms with Crippen molar-refractivity contribution in [2.45, 2.75) is 0 Å². The van der Waals surface area contributed by atoms with E-state index in [0.717, 1.165) is 11.4 Å². The van der Waals surface area contributed by atoms with Crippen molar-refractivity contribution in [3.05, 3.63) is 125 Å². The molecule has 0 aliphatic carbocycles. The van der Waals surface area contributed by atoms with E-state index in [1.54, 1.807) is 36.4 Å². The maximum Gasteiger partial charge on any atom is 0.279 e. The summed E-state index contributed by atoms with van der Waals surface area (Å²) in [5.41, 5.74) is 3.01. The summed E-state index contributed by atoms with van der Waals surface area (Å²) in [6.45, 7) is 0. The van der Waals surface area contributed by atoms with Crippen LogP contribution in [0.5, 0.6) is 0 Å². The minimum atomic E-state index is -0.389. The largest absolute Gasteiger partial charge is 0.356 e. The second-order valence-corrected chi connectivity index (χ2v) is 7.47. The van der Waals surface area contributed by atoms with E-state index in [1.165, 1.54) is 4.68 Å². The van der Waals surface area contributed by atoms with Crippen LogP contribution in [-0.4, -0.2) is 15.7 Å². The Morgan fingerprint density at radius 2 is 1.18 bits per heavy atom. The van der Waals surface area contributed by atoms with Crippen LogP contribution in [0.4, 0.5) is 17.1 Å². The number of anilines is 3. The standard InChI is InChI=1S/C27H20N4O2/c32-26(29-21-17-15-20(16-18-21)28-19-9-3-1-4-10-19)25-23-13-7-8-14-24(23)27(33)31(30-25)22-11-5-2-6-12-22/h1-18,28H,(H,29,32). The van der Waals surface area contributed by atoms with Gasteiger partial charge in [0.05, 0.1) is 11.1 Å². The van der Waals surface area contributed by atoms with Crippen molar-refractivity contribution in [1.82, 2.24) is 9.78 Å². The molecule has 0 saturated carbocycles. The third kappa shape index (κ3) is 4.22. The van der Waals surface area contributed by atoms with E-state index in [9.17, 15) is 9.59 Å². The number of nitrogens with one attached hydrogen (secondary N) is 2. The summed E-state index contributed by atoms with van der Waals surface area (Å²) in [5, 5.41) is 11.6. The van der Waals surface area contributed by atoms with Crippen LogP contribution in [0.3, 0.4) is 0 Å². The molecule has 1 amide bonds. The molecule has 6 nitrogen and oxygen atoms in total. The molecule has 0 aliphatic rings. The molecule has 0 aliphatic heterocycles. The van der Waals surface area contributed by atoms with Crippen LogP contribution < -0.4 is 16.2 Å². The van der Waals surface area contributed by atoms with Gasteiger partial charge < -0.3 is 10.6 Å². The van der Waals surface area contributed by atoms with Gasteiger partial charge in [0.25, 0.3) is 11.5 Å². The Morgan fingerprint density at radius 3 is 1.88 bits per heavy atom. The van der Waals surface area contributed by atoms with Crippen LogP contribution in [0.1, 0.15) is 10.5 Å². The lowest BCUT2D eigenvalue weighted by molar-refractivity contribution is 0.102. The quantitative estimate of drug-likeness (QED) is 0.391. The van der Waals surface area contributed by atoms with Crippen molar-refractivity contribution in [1.29, 1.82) is 0 Å². The molecular formula is C27H20N4O2. The molecule has 0 fully saturated rings. The summed E-state index contributed by atoms with van der Waals surface area (Å²) >= 11 is 0. The monoisotopic (exact) mass is 432 g/mol. The Labute approximate surface area is 190 Å². The normalized spacial score (nSPS) is 10.7. The molecule has 2 N–H and O–H groups in total. The fourth-order valence-electron chi connectivity index (χ4n) is 3.62. The van der Waals surface area contributed by atoms with E-state index < -0.39 is 0 Å². The second kappa shape index (κ2) is 8.80. The molecule has 4 aromatic carbocycles. The molecule has 33 heavy (non-hydrogen) atoms. The van der Waals surface area contributed by atoms with Gasteiger partial charge in [0.1, 0.15) is 0 Å². The maximum absolute atomic E-state index is 13.2. The number of benzene rings is 4. The summed E-state index contributed by atoms with van der Waals surface area (Å²) < 4.78 is 1.27. The smallest absolute Gasteiger partial charge is 0.279 e. The van der Waals surface area contributed by atoms with Crippen molar-refractivity contribution < 1.29 is 4.79 Å². The number of aromatic nitrogens is 2. The predicted octanol–water partition coefficient (Wildman–Crippen LogP) is 5.38. The molecule has 0 saturated heterocycles. The van der Waals surface area contributed by atoms with Crippen LogP contribution in [0.15, 0.2) is 114 Å². The van der Waals surface area contributed by atoms with E-state index >= 15 is 0 Å². The number of rotatable bonds is 5. The molecule has 0 spiro atoms. The number of para-hydroxylation sites is 2. The number of fused-ring (bicyclic) bond motifs is 1. The van der Waals surface area contributed by atoms with Crippen molar-refractivity contribution >= 4 is 33.7 Å². The van der Waals surface area contributed by atoms with Crippen LogP contribution >= 0.6 is 0 Å². The van der Waals surface area contributed by atoms with Gasteiger partial charge in [-0.25, -0.2) is 0 Å². The Hall–Kier alpha value is -4.71. The van der Waals surface area contributed by atoms with Gasteiger partial charge in [0.2, 0.25) is 0 Å². The highest BCUT2D eigenvalue weighted by atomic mass is 16.2.